The highest BCUT2D eigenvalue weighted by molar-refractivity contribution is 6.03. The fraction of sp³-hybridized carbons (Fsp3) is 0.385. The summed E-state index contributed by atoms with van der Waals surface area (Å²) in [5.41, 5.74) is -0.431. The number of benzene rings is 1. The highest BCUT2D eigenvalue weighted by atomic mass is 16.2. The number of anilines is 2. The van der Waals surface area contributed by atoms with Crippen molar-refractivity contribution in [3.8, 4) is 11.8 Å². The van der Waals surface area contributed by atoms with Crippen molar-refractivity contribution < 1.29 is 14.4 Å². The third kappa shape index (κ3) is 5.08. The second-order valence-electron chi connectivity index (χ2n) is 9.05. The molecule has 1 fully saturated rings. The van der Waals surface area contributed by atoms with Crippen molar-refractivity contribution in [2.24, 2.45) is 7.05 Å². The van der Waals surface area contributed by atoms with E-state index >= 15 is 0 Å². The minimum atomic E-state index is -0.700. The first-order valence-corrected chi connectivity index (χ1v) is 12.2. The fourth-order valence-electron chi connectivity index (χ4n) is 4.67. The average Bonchev–Trinajstić information content (AvgIpc) is 3.29. The number of carbonyl (C=O) groups excluding carboxylic acids is 3. The van der Waals surface area contributed by atoms with Crippen molar-refractivity contribution in [1.82, 2.24) is 24.0 Å². The monoisotopic (exact) mass is 519 g/mol. The number of fused-ring (bicyclic) bond motifs is 1. The molecule has 3 aromatic rings. The lowest BCUT2D eigenvalue weighted by atomic mass is 10.1. The number of piperidine rings is 1. The molecule has 0 aliphatic carbocycles. The highest BCUT2D eigenvalue weighted by Crippen LogP contribution is 2.23. The van der Waals surface area contributed by atoms with Crippen LogP contribution in [0.25, 0.3) is 11.2 Å². The molecule has 12 heteroatoms. The second-order valence-corrected chi connectivity index (χ2v) is 9.05. The standard InChI is InChI=1S/C26H29N7O5/c1-4-5-13-32-22-23(29-25(32)31-12-8-9-18(14-31)27-16-34)30(3)26(38)33(24(22)37)15-21(36)28-20-11-7-6-10-19(20)17(2)35/h6-7,10-11,16,18H,8-9,12-15H2,1-3H3,(H,27,34)(H,28,36). The Morgan fingerprint density at radius 2 is 1.97 bits per heavy atom. The fourth-order valence-corrected chi connectivity index (χ4v) is 4.67. The van der Waals surface area contributed by atoms with Gasteiger partial charge in [0.15, 0.2) is 16.9 Å². The molecule has 198 valence electrons. The van der Waals surface area contributed by atoms with Crippen molar-refractivity contribution in [1.29, 1.82) is 0 Å². The summed E-state index contributed by atoms with van der Waals surface area (Å²) in [4.78, 5) is 69.2. The lowest BCUT2D eigenvalue weighted by Gasteiger charge is -2.33. The predicted molar refractivity (Wildman–Crippen MR) is 142 cm³/mol. The number of nitrogens with one attached hydrogen (secondary N) is 2. The first-order chi connectivity index (χ1) is 18.3. The molecule has 0 saturated carbocycles. The Morgan fingerprint density at radius 3 is 2.68 bits per heavy atom. The van der Waals surface area contributed by atoms with Gasteiger partial charge >= 0.3 is 5.69 Å². The average molecular weight is 520 g/mol. The van der Waals surface area contributed by atoms with E-state index < -0.39 is 23.7 Å². The van der Waals surface area contributed by atoms with Crippen LogP contribution in [0.15, 0.2) is 33.9 Å². The van der Waals surface area contributed by atoms with Crippen LogP contribution >= 0.6 is 0 Å². The van der Waals surface area contributed by atoms with Crippen molar-refractivity contribution in [3.05, 3.63) is 50.7 Å². The molecule has 1 atom stereocenters. The van der Waals surface area contributed by atoms with Gasteiger partial charge in [-0.3, -0.25) is 28.3 Å². The van der Waals surface area contributed by atoms with Crippen LogP contribution in [0.3, 0.4) is 0 Å². The maximum atomic E-state index is 13.6. The van der Waals surface area contributed by atoms with E-state index in [1.807, 2.05) is 4.90 Å². The number of aryl methyl sites for hydroxylation is 1. The highest BCUT2D eigenvalue weighted by Gasteiger charge is 2.27. The van der Waals surface area contributed by atoms with Crippen LogP contribution in [0.4, 0.5) is 11.6 Å². The Labute approximate surface area is 218 Å². The lowest BCUT2D eigenvalue weighted by molar-refractivity contribution is -0.116. The van der Waals surface area contributed by atoms with E-state index in [1.165, 1.54) is 18.5 Å². The van der Waals surface area contributed by atoms with E-state index in [0.29, 0.717) is 36.7 Å². The number of ketones is 1. The number of nitrogens with zero attached hydrogens (tertiary/aromatic N) is 5. The molecular formula is C26H29N7O5. The molecule has 1 aromatic carbocycles. The molecule has 2 aromatic heterocycles. The van der Waals surface area contributed by atoms with Crippen LogP contribution < -0.4 is 26.8 Å². The number of hydrogen-bond donors (Lipinski definition) is 2. The third-order valence-electron chi connectivity index (χ3n) is 6.52. The Bertz CT molecular complexity index is 1590. The number of imidazole rings is 1. The predicted octanol–water partition coefficient (Wildman–Crippen LogP) is 0.476. The molecule has 1 aliphatic rings. The topological polar surface area (TPSA) is 140 Å². The number of amides is 2. The van der Waals surface area contributed by atoms with E-state index in [4.69, 9.17) is 0 Å². The molecule has 2 N–H and O–H groups in total. The first-order valence-electron chi connectivity index (χ1n) is 12.2. The van der Waals surface area contributed by atoms with E-state index in [9.17, 15) is 24.0 Å². The van der Waals surface area contributed by atoms with Gasteiger partial charge in [-0.2, -0.15) is 4.98 Å². The van der Waals surface area contributed by atoms with Crippen LogP contribution in [-0.2, 0) is 29.7 Å². The van der Waals surface area contributed by atoms with Gasteiger partial charge < -0.3 is 15.5 Å². The summed E-state index contributed by atoms with van der Waals surface area (Å²) in [7, 11) is 1.49. The van der Waals surface area contributed by atoms with Crippen LogP contribution in [0.2, 0.25) is 0 Å². The molecular weight excluding hydrogens is 490 g/mol. The normalized spacial score (nSPS) is 15.0. The van der Waals surface area contributed by atoms with Gasteiger partial charge in [0.05, 0.1) is 12.2 Å². The summed E-state index contributed by atoms with van der Waals surface area (Å²) in [6.07, 6.45) is 2.29. The number of Topliss-reactive ketones (excluding diaryl/α,β-unsaturated/α-hetero) is 1. The molecule has 38 heavy (non-hydrogen) atoms. The van der Waals surface area contributed by atoms with Crippen molar-refractivity contribution in [3.63, 3.8) is 0 Å². The summed E-state index contributed by atoms with van der Waals surface area (Å²) >= 11 is 0. The smallest absolute Gasteiger partial charge is 0.332 e. The Hall–Kier alpha value is -4.66. The number of rotatable bonds is 8. The van der Waals surface area contributed by atoms with Gasteiger partial charge in [-0.25, -0.2) is 9.36 Å². The van der Waals surface area contributed by atoms with Crippen molar-refractivity contribution in [2.75, 3.05) is 23.3 Å². The molecule has 4 rings (SSSR count). The largest absolute Gasteiger partial charge is 0.354 e. The first kappa shape index (κ1) is 26.4. The van der Waals surface area contributed by atoms with Gasteiger partial charge in [-0.15, -0.1) is 5.92 Å². The zero-order valence-electron chi connectivity index (χ0n) is 21.5. The zero-order valence-corrected chi connectivity index (χ0v) is 21.5. The maximum Gasteiger partial charge on any atom is 0.332 e. The molecule has 0 spiro atoms. The van der Waals surface area contributed by atoms with Crippen LogP contribution in [0, 0.1) is 11.8 Å². The number of aromatic nitrogens is 4. The Morgan fingerprint density at radius 1 is 1.21 bits per heavy atom. The molecule has 3 heterocycles. The van der Waals surface area contributed by atoms with E-state index in [-0.39, 0.29) is 29.5 Å². The minimum Gasteiger partial charge on any atom is -0.354 e. The van der Waals surface area contributed by atoms with Crippen LogP contribution in [0.5, 0.6) is 0 Å². The number of hydrogen-bond acceptors (Lipinski definition) is 7. The SMILES string of the molecule is CC#CCn1c(N2CCCC(NC=O)C2)nc2c1c(=O)n(CC(=O)Nc1ccccc1C(C)=O)c(=O)n2C. The van der Waals surface area contributed by atoms with Crippen LogP contribution in [0.1, 0.15) is 37.0 Å². The Balaban J connectivity index is 1.77. The number of para-hydroxylation sites is 1. The second kappa shape index (κ2) is 11.2. The van der Waals surface area contributed by atoms with E-state index in [0.717, 1.165) is 17.4 Å². The van der Waals surface area contributed by atoms with E-state index in [2.05, 4.69) is 27.5 Å². The molecule has 0 radical (unpaired) electrons. The maximum absolute atomic E-state index is 13.6. The van der Waals surface area contributed by atoms with Crippen molar-refractivity contribution >= 4 is 40.9 Å². The van der Waals surface area contributed by atoms with Crippen molar-refractivity contribution in [2.45, 2.75) is 45.8 Å². The van der Waals surface area contributed by atoms with Gasteiger partial charge in [-0.05, 0) is 38.8 Å². The summed E-state index contributed by atoms with van der Waals surface area (Å²) in [5, 5.41) is 5.43. The molecule has 0 bridgehead atoms. The van der Waals surface area contributed by atoms with Gasteiger partial charge in [0.1, 0.15) is 6.54 Å². The van der Waals surface area contributed by atoms with Crippen LogP contribution in [-0.4, -0.2) is 55.9 Å². The Kier molecular flexibility index (Phi) is 7.76. The molecule has 1 unspecified atom stereocenters. The van der Waals surface area contributed by atoms with Gasteiger partial charge in [0.25, 0.3) is 5.56 Å². The zero-order chi connectivity index (χ0) is 27.4. The molecule has 1 aliphatic heterocycles. The van der Waals surface area contributed by atoms with E-state index in [1.54, 1.807) is 35.8 Å². The summed E-state index contributed by atoms with van der Waals surface area (Å²) in [5.74, 6) is 5.38. The quantitative estimate of drug-likeness (QED) is 0.251. The van der Waals surface area contributed by atoms with Gasteiger partial charge in [-0.1, -0.05) is 18.1 Å². The third-order valence-corrected chi connectivity index (χ3v) is 6.52. The minimum absolute atomic E-state index is 0.0752. The summed E-state index contributed by atoms with van der Waals surface area (Å²) < 4.78 is 3.73. The number of carbonyl (C=O) groups is 3. The summed E-state index contributed by atoms with van der Waals surface area (Å²) in [6, 6.07) is 6.44. The van der Waals surface area contributed by atoms with Gasteiger partial charge in [0, 0.05) is 31.7 Å². The molecule has 1 saturated heterocycles. The summed E-state index contributed by atoms with van der Waals surface area (Å²) in [6.45, 7) is 3.80. The van der Waals surface area contributed by atoms with Gasteiger partial charge in [0.2, 0.25) is 18.3 Å². The lowest BCUT2D eigenvalue weighted by Crippen LogP contribution is -2.46. The molecule has 12 nitrogen and oxygen atoms in total. The molecule has 2 amide bonds.